The van der Waals surface area contributed by atoms with Crippen LogP contribution in [0.1, 0.15) is 42.6 Å². The van der Waals surface area contributed by atoms with E-state index in [2.05, 4.69) is 4.99 Å². The van der Waals surface area contributed by atoms with Gasteiger partial charge in [0.25, 0.3) is 0 Å². The summed E-state index contributed by atoms with van der Waals surface area (Å²) in [6, 6.07) is 5.47. The second-order valence-electron chi connectivity index (χ2n) is 6.51. The van der Waals surface area contributed by atoms with Crippen molar-refractivity contribution in [2.45, 2.75) is 32.7 Å². The van der Waals surface area contributed by atoms with Gasteiger partial charge in [-0.25, -0.2) is 4.79 Å². The average molecular weight is 403 g/mol. The third-order valence-electron chi connectivity index (χ3n) is 4.88. The quantitative estimate of drug-likeness (QED) is 0.389. The standard InChI is InChI=1S/C21H25NO7/c1-5-28-20(25)16-12(3)22-15(11-23)18(21(26)29-6-2)17(16)13-9-7-8-10-14(13)19(24)27-4/h7-11,15-18H,5-6H2,1-4H3. The van der Waals surface area contributed by atoms with Crippen LogP contribution in [-0.2, 0) is 28.6 Å². The number of hydrogen-bond donors (Lipinski definition) is 0. The molecule has 0 saturated carbocycles. The van der Waals surface area contributed by atoms with E-state index >= 15 is 0 Å². The van der Waals surface area contributed by atoms with Gasteiger partial charge in [0.1, 0.15) is 18.2 Å². The van der Waals surface area contributed by atoms with Crippen LogP contribution in [0.25, 0.3) is 0 Å². The summed E-state index contributed by atoms with van der Waals surface area (Å²) in [5.41, 5.74) is 0.949. The predicted molar refractivity (Wildman–Crippen MR) is 104 cm³/mol. The summed E-state index contributed by atoms with van der Waals surface area (Å²) in [6.07, 6.45) is 0.556. The Bertz CT molecular complexity index is 817. The molecule has 0 radical (unpaired) electrons. The first kappa shape index (κ1) is 22.3. The van der Waals surface area contributed by atoms with E-state index in [0.717, 1.165) is 0 Å². The normalized spacial score (nSPS) is 23.5. The van der Waals surface area contributed by atoms with Crippen molar-refractivity contribution < 1.29 is 33.4 Å². The van der Waals surface area contributed by atoms with E-state index in [-0.39, 0.29) is 18.8 Å². The Balaban J connectivity index is 2.75. The van der Waals surface area contributed by atoms with Crippen molar-refractivity contribution in [1.29, 1.82) is 0 Å². The van der Waals surface area contributed by atoms with Gasteiger partial charge in [-0.1, -0.05) is 18.2 Å². The number of carbonyl (C=O) groups excluding carboxylic acids is 4. The number of rotatable bonds is 7. The lowest BCUT2D eigenvalue weighted by molar-refractivity contribution is -0.154. The van der Waals surface area contributed by atoms with Gasteiger partial charge >= 0.3 is 17.9 Å². The van der Waals surface area contributed by atoms with Gasteiger partial charge in [0.2, 0.25) is 0 Å². The lowest BCUT2D eigenvalue weighted by Gasteiger charge is -2.37. The van der Waals surface area contributed by atoms with Gasteiger partial charge in [-0.3, -0.25) is 14.6 Å². The molecule has 4 unspecified atom stereocenters. The van der Waals surface area contributed by atoms with Gasteiger partial charge < -0.3 is 19.0 Å². The number of benzene rings is 1. The molecule has 0 bridgehead atoms. The Morgan fingerprint density at radius 3 is 2.28 bits per heavy atom. The lowest BCUT2D eigenvalue weighted by Crippen LogP contribution is -2.47. The minimum absolute atomic E-state index is 0.0963. The highest BCUT2D eigenvalue weighted by molar-refractivity contribution is 6.05. The zero-order valence-corrected chi connectivity index (χ0v) is 16.9. The summed E-state index contributed by atoms with van der Waals surface area (Å²) in [4.78, 5) is 54.0. The highest BCUT2D eigenvalue weighted by Crippen LogP contribution is 2.42. The molecule has 8 heteroatoms. The number of aliphatic imine (C=N–C) groups is 1. The number of hydrogen-bond acceptors (Lipinski definition) is 8. The SMILES string of the molecule is CCOC(=O)C1C(C)=NC(C=O)C(C(=O)OCC)C1c1ccccc1C(=O)OC. The number of esters is 3. The molecule has 0 spiro atoms. The fraction of sp³-hybridized carbons (Fsp3) is 0.476. The number of ether oxygens (including phenoxy) is 3. The molecule has 0 N–H and O–H groups in total. The molecule has 1 heterocycles. The average Bonchev–Trinajstić information content (AvgIpc) is 2.72. The molecule has 1 aliphatic rings. The first-order chi connectivity index (χ1) is 13.9. The van der Waals surface area contributed by atoms with Crippen LogP contribution in [0.15, 0.2) is 29.3 Å². The molecule has 0 aromatic heterocycles. The summed E-state index contributed by atoms with van der Waals surface area (Å²) >= 11 is 0. The van der Waals surface area contributed by atoms with Gasteiger partial charge in [-0.2, -0.15) is 0 Å². The summed E-state index contributed by atoms with van der Waals surface area (Å²) in [5, 5.41) is 0. The molecule has 156 valence electrons. The molecule has 1 aromatic rings. The van der Waals surface area contributed by atoms with Crippen LogP contribution in [0.2, 0.25) is 0 Å². The molecule has 29 heavy (non-hydrogen) atoms. The second kappa shape index (κ2) is 9.95. The number of carbonyl (C=O) groups is 4. The third-order valence-corrected chi connectivity index (χ3v) is 4.88. The highest BCUT2D eigenvalue weighted by Gasteiger charge is 2.50. The van der Waals surface area contributed by atoms with Crippen LogP contribution in [0.3, 0.4) is 0 Å². The summed E-state index contributed by atoms with van der Waals surface area (Å²) < 4.78 is 15.3. The fourth-order valence-electron chi connectivity index (χ4n) is 3.72. The van der Waals surface area contributed by atoms with Crippen molar-refractivity contribution in [3.63, 3.8) is 0 Å². The Hall–Kier alpha value is -3.03. The molecule has 8 nitrogen and oxygen atoms in total. The van der Waals surface area contributed by atoms with E-state index in [0.29, 0.717) is 17.6 Å². The summed E-state index contributed by atoms with van der Waals surface area (Å²) in [7, 11) is 1.24. The first-order valence-corrected chi connectivity index (χ1v) is 9.41. The van der Waals surface area contributed by atoms with Crippen LogP contribution in [-0.4, -0.2) is 56.3 Å². The Kier molecular flexibility index (Phi) is 7.64. The third kappa shape index (κ3) is 4.52. The number of aldehydes is 1. The van der Waals surface area contributed by atoms with E-state index in [1.807, 2.05) is 0 Å². The Morgan fingerprint density at radius 1 is 1.07 bits per heavy atom. The smallest absolute Gasteiger partial charge is 0.338 e. The van der Waals surface area contributed by atoms with Crippen molar-refractivity contribution >= 4 is 29.9 Å². The van der Waals surface area contributed by atoms with Crippen molar-refractivity contribution in [1.82, 2.24) is 0 Å². The fourth-order valence-corrected chi connectivity index (χ4v) is 3.72. The van der Waals surface area contributed by atoms with E-state index < -0.39 is 41.7 Å². The summed E-state index contributed by atoms with van der Waals surface area (Å²) in [6.45, 7) is 5.15. The van der Waals surface area contributed by atoms with Crippen LogP contribution in [0.5, 0.6) is 0 Å². The Labute approximate surface area is 169 Å². The van der Waals surface area contributed by atoms with Gasteiger partial charge in [-0.15, -0.1) is 0 Å². The van der Waals surface area contributed by atoms with Gasteiger partial charge in [0.15, 0.2) is 0 Å². The minimum atomic E-state index is -1.09. The van der Waals surface area contributed by atoms with E-state index in [9.17, 15) is 19.2 Å². The van der Waals surface area contributed by atoms with Crippen molar-refractivity contribution in [2.24, 2.45) is 16.8 Å². The van der Waals surface area contributed by atoms with E-state index in [1.54, 1.807) is 45.0 Å². The molecule has 0 saturated heterocycles. The molecule has 1 aliphatic heterocycles. The van der Waals surface area contributed by atoms with E-state index in [4.69, 9.17) is 14.2 Å². The molecular formula is C21H25NO7. The molecule has 4 atom stereocenters. The largest absolute Gasteiger partial charge is 0.466 e. The van der Waals surface area contributed by atoms with Gasteiger partial charge in [-0.05, 0) is 32.4 Å². The van der Waals surface area contributed by atoms with Crippen LogP contribution in [0.4, 0.5) is 0 Å². The Morgan fingerprint density at radius 2 is 1.69 bits per heavy atom. The molecule has 0 aliphatic carbocycles. The molecular weight excluding hydrogens is 378 g/mol. The minimum Gasteiger partial charge on any atom is -0.466 e. The number of nitrogens with zero attached hydrogens (tertiary/aromatic N) is 1. The number of methoxy groups -OCH3 is 1. The molecule has 1 aromatic carbocycles. The zero-order chi connectivity index (χ0) is 21.6. The van der Waals surface area contributed by atoms with Crippen LogP contribution >= 0.6 is 0 Å². The van der Waals surface area contributed by atoms with E-state index in [1.165, 1.54) is 7.11 Å². The maximum atomic E-state index is 12.8. The van der Waals surface area contributed by atoms with Crippen molar-refractivity contribution in [3.05, 3.63) is 35.4 Å². The molecule has 2 rings (SSSR count). The van der Waals surface area contributed by atoms with Gasteiger partial charge in [0.05, 0.1) is 31.8 Å². The molecule has 0 fully saturated rings. The van der Waals surface area contributed by atoms with Crippen LogP contribution < -0.4 is 0 Å². The zero-order valence-electron chi connectivity index (χ0n) is 16.9. The highest BCUT2D eigenvalue weighted by atomic mass is 16.5. The maximum Gasteiger partial charge on any atom is 0.338 e. The predicted octanol–water partition coefficient (Wildman–Crippen LogP) is 1.96. The summed E-state index contributed by atoms with van der Waals surface area (Å²) in [5.74, 6) is -4.79. The lowest BCUT2D eigenvalue weighted by atomic mass is 9.69. The van der Waals surface area contributed by atoms with Gasteiger partial charge in [0, 0.05) is 11.6 Å². The second-order valence-corrected chi connectivity index (χ2v) is 6.51. The monoisotopic (exact) mass is 403 g/mol. The van der Waals surface area contributed by atoms with Crippen molar-refractivity contribution in [2.75, 3.05) is 20.3 Å². The molecule has 0 amide bonds. The topological polar surface area (TPSA) is 108 Å². The van der Waals surface area contributed by atoms with Crippen LogP contribution in [0, 0.1) is 11.8 Å². The maximum absolute atomic E-state index is 12.8. The first-order valence-electron chi connectivity index (χ1n) is 9.41. The van der Waals surface area contributed by atoms with Crippen molar-refractivity contribution in [3.8, 4) is 0 Å².